The smallest absolute Gasteiger partial charge is 0.262 e. The molecule has 144 valence electrons. The maximum Gasteiger partial charge on any atom is 0.262 e. The lowest BCUT2D eigenvalue weighted by Crippen LogP contribution is -2.21. The number of rotatable bonds is 4. The van der Waals surface area contributed by atoms with Crippen LogP contribution in [0.1, 0.15) is 30.3 Å². The van der Waals surface area contributed by atoms with Crippen LogP contribution in [-0.4, -0.2) is 37.9 Å². The monoisotopic (exact) mass is 397 g/mol. The van der Waals surface area contributed by atoms with Crippen LogP contribution in [0.4, 0.5) is 0 Å². The zero-order valence-corrected chi connectivity index (χ0v) is 16.2. The number of aryl methyl sites for hydroxylation is 1. The summed E-state index contributed by atoms with van der Waals surface area (Å²) in [7, 11) is 0. The molecule has 4 heterocycles. The van der Waals surface area contributed by atoms with Crippen molar-refractivity contribution in [2.45, 2.75) is 36.7 Å². The average Bonchev–Trinajstić information content (AvgIpc) is 3.32. The summed E-state index contributed by atoms with van der Waals surface area (Å²) in [5, 5.41) is 5.46. The van der Waals surface area contributed by atoms with Crippen molar-refractivity contribution in [2.24, 2.45) is 0 Å². The molecule has 1 saturated heterocycles. The molecule has 1 aliphatic heterocycles. The topological polar surface area (TPSA) is 98.8 Å². The number of hydrogen-bond donors (Lipinski definition) is 1. The first-order chi connectivity index (χ1) is 13.7. The van der Waals surface area contributed by atoms with Crippen molar-refractivity contribution in [3.8, 4) is 0 Å². The molecule has 5 rings (SSSR count). The van der Waals surface area contributed by atoms with Gasteiger partial charge in [-0.25, -0.2) is 14.6 Å². The van der Waals surface area contributed by atoms with Gasteiger partial charge in [0.15, 0.2) is 16.4 Å². The Morgan fingerprint density at radius 3 is 2.96 bits per heavy atom. The Morgan fingerprint density at radius 2 is 2.14 bits per heavy atom. The van der Waals surface area contributed by atoms with E-state index in [0.717, 1.165) is 29.5 Å². The summed E-state index contributed by atoms with van der Waals surface area (Å²) >= 11 is 1.39. The van der Waals surface area contributed by atoms with Gasteiger partial charge in [0.1, 0.15) is 10.9 Å². The van der Waals surface area contributed by atoms with Crippen LogP contribution in [0.15, 0.2) is 38.8 Å². The van der Waals surface area contributed by atoms with Gasteiger partial charge in [0.25, 0.3) is 5.56 Å². The second-order valence-corrected chi connectivity index (χ2v) is 7.82. The van der Waals surface area contributed by atoms with Gasteiger partial charge in [-0.1, -0.05) is 23.9 Å². The van der Waals surface area contributed by atoms with Crippen molar-refractivity contribution in [2.75, 3.05) is 13.2 Å². The third-order valence-electron chi connectivity index (χ3n) is 4.98. The van der Waals surface area contributed by atoms with Gasteiger partial charge in [-0.05, 0) is 31.4 Å². The molecule has 0 aliphatic carbocycles. The number of aromatic amines is 1. The zero-order valence-electron chi connectivity index (χ0n) is 15.3. The number of nitrogens with zero attached hydrogens (tertiary/aromatic N) is 4. The highest BCUT2D eigenvalue weighted by molar-refractivity contribution is 7.98. The maximum atomic E-state index is 12.5. The lowest BCUT2D eigenvalue weighted by molar-refractivity contribution is 0.0673. The first kappa shape index (κ1) is 17.4. The molecular weight excluding hydrogens is 378 g/mol. The molecule has 8 nitrogen and oxygen atoms in total. The number of thioether (sulfide) groups is 1. The Bertz CT molecular complexity index is 1210. The van der Waals surface area contributed by atoms with E-state index in [1.807, 2.05) is 29.8 Å². The molecule has 0 bridgehead atoms. The molecule has 0 amide bonds. The number of H-pyrrole nitrogens is 1. The van der Waals surface area contributed by atoms with Crippen molar-refractivity contribution in [1.82, 2.24) is 24.7 Å². The molecule has 28 heavy (non-hydrogen) atoms. The van der Waals surface area contributed by atoms with Crippen molar-refractivity contribution in [3.05, 3.63) is 46.2 Å². The van der Waals surface area contributed by atoms with Gasteiger partial charge in [0.2, 0.25) is 5.89 Å². The number of oxazole rings is 1. The van der Waals surface area contributed by atoms with Gasteiger partial charge in [-0.15, -0.1) is 0 Å². The first-order valence-electron chi connectivity index (χ1n) is 9.22. The zero-order chi connectivity index (χ0) is 19.1. The molecule has 0 unspecified atom stereocenters. The minimum atomic E-state index is -0.181. The summed E-state index contributed by atoms with van der Waals surface area (Å²) in [6.07, 6.45) is 3.33. The highest BCUT2D eigenvalue weighted by atomic mass is 32.2. The molecule has 9 heteroatoms. The van der Waals surface area contributed by atoms with Crippen LogP contribution in [0.5, 0.6) is 0 Å². The number of hydrogen-bond acceptors (Lipinski definition) is 7. The molecule has 0 spiro atoms. The van der Waals surface area contributed by atoms with Crippen molar-refractivity contribution in [3.63, 3.8) is 0 Å². The highest BCUT2D eigenvalue weighted by Crippen LogP contribution is 2.26. The summed E-state index contributed by atoms with van der Waals surface area (Å²) in [6, 6.07) is 6.07. The maximum absolute atomic E-state index is 12.5. The molecule has 1 aromatic carbocycles. The molecule has 1 N–H and O–H groups in total. The predicted octanol–water partition coefficient (Wildman–Crippen LogP) is 3.21. The van der Waals surface area contributed by atoms with Gasteiger partial charge >= 0.3 is 0 Å². The van der Waals surface area contributed by atoms with E-state index in [2.05, 4.69) is 20.1 Å². The second-order valence-electron chi connectivity index (χ2n) is 6.86. The molecule has 0 radical (unpaired) electrons. The van der Waals surface area contributed by atoms with Crippen LogP contribution in [0.25, 0.3) is 22.1 Å². The first-order valence-corrected chi connectivity index (χ1v) is 10.2. The van der Waals surface area contributed by atoms with Crippen molar-refractivity contribution < 1.29 is 9.15 Å². The fourth-order valence-corrected chi connectivity index (χ4v) is 4.20. The number of benzene rings is 1. The van der Waals surface area contributed by atoms with E-state index in [1.165, 1.54) is 11.8 Å². The van der Waals surface area contributed by atoms with Crippen LogP contribution in [0, 0.1) is 6.92 Å². The summed E-state index contributed by atoms with van der Waals surface area (Å²) in [5.41, 5.74) is 3.15. The molecule has 1 aliphatic rings. The van der Waals surface area contributed by atoms with Crippen LogP contribution in [0.2, 0.25) is 0 Å². The number of ether oxygens (including phenoxy) is 1. The molecule has 4 aromatic rings. The summed E-state index contributed by atoms with van der Waals surface area (Å²) in [6.45, 7) is 3.41. The summed E-state index contributed by atoms with van der Waals surface area (Å²) < 4.78 is 13.1. The SMILES string of the molecule is Cc1cccc2oc(CSc3nc4c(cnn4C4CCOCC4)c(=O)[nH]3)nc12. The molecule has 3 aromatic heterocycles. The number of fused-ring (bicyclic) bond motifs is 2. The van der Waals surface area contributed by atoms with E-state index >= 15 is 0 Å². The summed E-state index contributed by atoms with van der Waals surface area (Å²) in [4.78, 5) is 24.5. The lowest BCUT2D eigenvalue weighted by Gasteiger charge is -2.22. The van der Waals surface area contributed by atoms with Gasteiger partial charge < -0.3 is 14.1 Å². The normalized spacial score (nSPS) is 15.6. The van der Waals surface area contributed by atoms with Gasteiger partial charge in [-0.3, -0.25) is 4.79 Å². The molecular formula is C19H19N5O3S. The van der Waals surface area contributed by atoms with Crippen LogP contribution >= 0.6 is 11.8 Å². The third-order valence-corrected chi connectivity index (χ3v) is 5.83. The number of nitrogens with one attached hydrogen (secondary N) is 1. The van der Waals surface area contributed by atoms with Crippen molar-refractivity contribution >= 4 is 33.9 Å². The third kappa shape index (κ3) is 3.10. The van der Waals surface area contributed by atoms with E-state index in [9.17, 15) is 4.79 Å². The van der Waals surface area contributed by atoms with Gasteiger partial charge in [-0.2, -0.15) is 5.10 Å². The Balaban J connectivity index is 1.43. The highest BCUT2D eigenvalue weighted by Gasteiger charge is 2.21. The minimum Gasteiger partial charge on any atom is -0.440 e. The van der Waals surface area contributed by atoms with Gasteiger partial charge in [0.05, 0.1) is 18.0 Å². The second kappa shape index (κ2) is 7.06. The van der Waals surface area contributed by atoms with Crippen LogP contribution in [0.3, 0.4) is 0 Å². The molecule has 0 saturated carbocycles. The minimum absolute atomic E-state index is 0.181. The van der Waals surface area contributed by atoms with E-state index in [0.29, 0.717) is 41.0 Å². The molecule has 0 atom stereocenters. The number of aromatic nitrogens is 5. The Hall–Kier alpha value is -2.65. The standard InChI is InChI=1S/C19H19N5O3S/c1-11-3-2-4-14-16(11)21-15(27-14)10-28-19-22-17-13(18(25)23-19)9-20-24(17)12-5-7-26-8-6-12/h2-4,9,12H,5-8,10H2,1H3,(H,22,23,25). The van der Waals surface area contributed by atoms with E-state index < -0.39 is 0 Å². The van der Waals surface area contributed by atoms with E-state index in [-0.39, 0.29) is 11.6 Å². The quantitative estimate of drug-likeness (QED) is 0.417. The average molecular weight is 397 g/mol. The van der Waals surface area contributed by atoms with Crippen LogP contribution in [-0.2, 0) is 10.5 Å². The Labute approximate surface area is 164 Å². The predicted molar refractivity (Wildman–Crippen MR) is 106 cm³/mol. The molecule has 1 fully saturated rings. The lowest BCUT2D eigenvalue weighted by atomic mass is 10.1. The fraction of sp³-hybridized carbons (Fsp3) is 0.368. The van der Waals surface area contributed by atoms with E-state index in [4.69, 9.17) is 9.15 Å². The van der Waals surface area contributed by atoms with Crippen molar-refractivity contribution in [1.29, 1.82) is 0 Å². The Morgan fingerprint density at radius 1 is 1.29 bits per heavy atom. The summed E-state index contributed by atoms with van der Waals surface area (Å²) in [5.74, 6) is 1.09. The van der Waals surface area contributed by atoms with Crippen LogP contribution < -0.4 is 5.56 Å². The fourth-order valence-electron chi connectivity index (χ4n) is 3.51. The largest absolute Gasteiger partial charge is 0.440 e. The Kier molecular flexibility index (Phi) is 4.40. The van der Waals surface area contributed by atoms with E-state index in [1.54, 1.807) is 6.20 Å². The number of para-hydroxylation sites is 1. The van der Waals surface area contributed by atoms with Gasteiger partial charge in [0, 0.05) is 13.2 Å².